The molecule has 3 aromatic rings. The van der Waals surface area contributed by atoms with E-state index in [0.717, 1.165) is 63.6 Å². The molecule has 0 bridgehead atoms. The molecule has 2 aromatic carbocycles. The molecule has 2 aliphatic heterocycles. The summed E-state index contributed by atoms with van der Waals surface area (Å²) in [5.41, 5.74) is 2.23. The van der Waals surface area contributed by atoms with E-state index in [0.29, 0.717) is 33.7 Å². The summed E-state index contributed by atoms with van der Waals surface area (Å²) in [6.45, 7) is 5.64. The smallest absolute Gasteiger partial charge is 0.242 e. The second-order valence-electron chi connectivity index (χ2n) is 9.60. The number of methoxy groups -OCH3 is 1. The Kier molecular flexibility index (Phi) is 9.06. The first-order valence-corrected chi connectivity index (χ1v) is 15.5. The van der Waals surface area contributed by atoms with Crippen molar-refractivity contribution in [3.05, 3.63) is 53.1 Å². The summed E-state index contributed by atoms with van der Waals surface area (Å²) < 4.78 is 39.1. The molecule has 5 rings (SSSR count). The summed E-state index contributed by atoms with van der Waals surface area (Å²) in [4.78, 5) is 14.1. The second-order valence-corrected chi connectivity index (χ2v) is 12.3. The second kappa shape index (κ2) is 12.7. The number of hydrogen-bond donors (Lipinski definition) is 3. The number of nitrogens with one attached hydrogen (secondary N) is 3. The van der Waals surface area contributed by atoms with Gasteiger partial charge in [0.15, 0.2) is 0 Å². The van der Waals surface area contributed by atoms with Crippen LogP contribution < -0.4 is 25.0 Å². The number of benzene rings is 2. The van der Waals surface area contributed by atoms with Crippen LogP contribution in [0, 0.1) is 0 Å². The van der Waals surface area contributed by atoms with Crippen LogP contribution in [0.5, 0.6) is 5.75 Å². The number of morpholine rings is 1. The van der Waals surface area contributed by atoms with E-state index >= 15 is 0 Å². The molecule has 2 saturated heterocycles. The predicted molar refractivity (Wildman–Crippen MR) is 160 cm³/mol. The van der Waals surface area contributed by atoms with Gasteiger partial charge >= 0.3 is 0 Å². The Hall–Kier alpha value is -2.97. The van der Waals surface area contributed by atoms with Crippen molar-refractivity contribution in [3.63, 3.8) is 0 Å². The van der Waals surface area contributed by atoms with Crippen LogP contribution in [0.15, 0.2) is 58.0 Å². The van der Waals surface area contributed by atoms with E-state index in [-0.39, 0.29) is 4.90 Å². The number of nitrogens with zero attached hydrogens (tertiary/aromatic N) is 4. The van der Waals surface area contributed by atoms with Gasteiger partial charge in [-0.2, -0.15) is 4.98 Å². The largest absolute Gasteiger partial charge is 0.495 e. The fourth-order valence-corrected chi connectivity index (χ4v) is 6.28. The molecule has 0 aliphatic carbocycles. The standard InChI is InChI=1S/C27H34BrN7O4S/c1-29-40(36,37)25-6-4-3-5-22(25)31-26-21(28)18-30-27(33-26)32-23-17-20(7-8-24(23)38-2)34-11-9-19(10-12-34)35-13-15-39-16-14-35/h3-8,17-19,29H,9-16H2,1-2H3,(H2,30,31,32,33). The van der Waals surface area contributed by atoms with Crippen LogP contribution in [-0.4, -0.2) is 82.9 Å². The average Bonchev–Trinajstić information content (AvgIpc) is 2.99. The number of sulfonamides is 1. The van der Waals surface area contributed by atoms with Gasteiger partial charge in [0.2, 0.25) is 16.0 Å². The zero-order chi connectivity index (χ0) is 28.1. The average molecular weight is 633 g/mol. The molecule has 13 heteroatoms. The maximum atomic E-state index is 12.5. The van der Waals surface area contributed by atoms with E-state index in [9.17, 15) is 8.42 Å². The molecule has 2 fully saturated rings. The first-order valence-electron chi connectivity index (χ1n) is 13.2. The summed E-state index contributed by atoms with van der Waals surface area (Å²) in [6, 6.07) is 13.3. The highest BCUT2D eigenvalue weighted by Crippen LogP contribution is 2.34. The molecule has 0 spiro atoms. The number of piperidine rings is 1. The zero-order valence-electron chi connectivity index (χ0n) is 22.6. The number of para-hydroxylation sites is 1. The Labute approximate surface area is 243 Å². The Balaban J connectivity index is 1.33. The van der Waals surface area contributed by atoms with Crippen molar-refractivity contribution < 1.29 is 17.9 Å². The molecular weight excluding hydrogens is 598 g/mol. The molecule has 1 aromatic heterocycles. The fraction of sp³-hybridized carbons (Fsp3) is 0.407. The quantitative estimate of drug-likeness (QED) is 0.320. The lowest BCUT2D eigenvalue weighted by Crippen LogP contribution is -2.49. The third-order valence-corrected chi connectivity index (χ3v) is 9.32. The lowest BCUT2D eigenvalue weighted by atomic mass is 10.0. The molecule has 3 heterocycles. The molecule has 3 N–H and O–H groups in total. The van der Waals surface area contributed by atoms with Gasteiger partial charge in [0.1, 0.15) is 16.5 Å². The molecule has 0 amide bonds. The van der Waals surface area contributed by atoms with Gasteiger partial charge in [0, 0.05) is 44.1 Å². The molecular formula is C27H34BrN7O4S. The minimum Gasteiger partial charge on any atom is -0.495 e. The molecule has 0 atom stereocenters. The van der Waals surface area contributed by atoms with Gasteiger partial charge in [0.05, 0.1) is 36.2 Å². The van der Waals surface area contributed by atoms with Gasteiger partial charge in [-0.1, -0.05) is 12.1 Å². The Morgan fingerprint density at radius 2 is 1.77 bits per heavy atom. The number of aromatic nitrogens is 2. The van der Waals surface area contributed by atoms with Crippen molar-refractivity contribution in [1.82, 2.24) is 19.6 Å². The topological polar surface area (TPSA) is 121 Å². The van der Waals surface area contributed by atoms with Crippen LogP contribution in [0.2, 0.25) is 0 Å². The van der Waals surface area contributed by atoms with Gasteiger partial charge in [-0.05, 0) is 66.2 Å². The summed E-state index contributed by atoms with van der Waals surface area (Å²) >= 11 is 3.47. The Morgan fingerprint density at radius 1 is 1.02 bits per heavy atom. The van der Waals surface area contributed by atoms with Crippen LogP contribution in [0.3, 0.4) is 0 Å². The SMILES string of the molecule is CNS(=O)(=O)c1ccccc1Nc1nc(Nc2cc(N3CCC(N4CCOCC4)CC3)ccc2OC)ncc1Br. The predicted octanol–water partition coefficient (Wildman–Crippen LogP) is 3.94. The van der Waals surface area contributed by atoms with Gasteiger partial charge in [-0.3, -0.25) is 4.90 Å². The molecule has 2 aliphatic rings. The highest BCUT2D eigenvalue weighted by molar-refractivity contribution is 9.10. The molecule has 40 heavy (non-hydrogen) atoms. The van der Waals surface area contributed by atoms with Crippen molar-refractivity contribution in [2.24, 2.45) is 0 Å². The normalized spacial score (nSPS) is 17.0. The van der Waals surface area contributed by atoms with E-state index < -0.39 is 10.0 Å². The monoisotopic (exact) mass is 631 g/mol. The van der Waals surface area contributed by atoms with E-state index in [4.69, 9.17) is 9.47 Å². The highest BCUT2D eigenvalue weighted by Gasteiger charge is 2.26. The number of halogens is 1. The minimum atomic E-state index is -3.67. The minimum absolute atomic E-state index is 0.115. The van der Waals surface area contributed by atoms with E-state index in [1.165, 1.54) is 13.1 Å². The number of hydrogen-bond acceptors (Lipinski definition) is 10. The molecule has 11 nitrogen and oxygen atoms in total. The lowest BCUT2D eigenvalue weighted by Gasteiger charge is -2.41. The van der Waals surface area contributed by atoms with Crippen LogP contribution in [0.4, 0.5) is 28.8 Å². The van der Waals surface area contributed by atoms with Crippen molar-refractivity contribution in [2.75, 3.05) is 69.1 Å². The first kappa shape index (κ1) is 28.6. The molecule has 0 radical (unpaired) electrons. The number of anilines is 5. The lowest BCUT2D eigenvalue weighted by molar-refractivity contribution is 0.0115. The van der Waals surface area contributed by atoms with Crippen molar-refractivity contribution in [2.45, 2.75) is 23.8 Å². The van der Waals surface area contributed by atoms with Crippen LogP contribution in [0.1, 0.15) is 12.8 Å². The number of ether oxygens (including phenoxy) is 2. The maximum absolute atomic E-state index is 12.5. The maximum Gasteiger partial charge on any atom is 0.242 e. The van der Waals surface area contributed by atoms with Crippen molar-refractivity contribution >= 4 is 54.8 Å². The van der Waals surface area contributed by atoms with Crippen LogP contribution in [-0.2, 0) is 14.8 Å². The summed E-state index contributed by atoms with van der Waals surface area (Å²) in [5.74, 6) is 1.41. The van der Waals surface area contributed by atoms with Crippen LogP contribution in [0.25, 0.3) is 0 Å². The molecule has 0 unspecified atom stereocenters. The summed E-state index contributed by atoms with van der Waals surface area (Å²) in [7, 11) is -0.666. The summed E-state index contributed by atoms with van der Waals surface area (Å²) in [6.07, 6.45) is 3.84. The molecule has 0 saturated carbocycles. The fourth-order valence-electron chi connectivity index (χ4n) is 5.10. The van der Waals surface area contributed by atoms with Crippen molar-refractivity contribution in [1.29, 1.82) is 0 Å². The Morgan fingerprint density at radius 3 is 2.50 bits per heavy atom. The Bertz CT molecular complexity index is 1430. The molecule has 214 valence electrons. The zero-order valence-corrected chi connectivity index (χ0v) is 25.0. The van der Waals surface area contributed by atoms with Gasteiger partial charge in [-0.15, -0.1) is 0 Å². The van der Waals surface area contributed by atoms with Gasteiger partial charge in [0.25, 0.3) is 0 Å². The van der Waals surface area contributed by atoms with Gasteiger partial charge < -0.3 is 25.0 Å². The van der Waals surface area contributed by atoms with E-state index in [1.807, 2.05) is 6.07 Å². The highest BCUT2D eigenvalue weighted by atomic mass is 79.9. The first-order chi connectivity index (χ1) is 19.4. The third-order valence-electron chi connectivity index (χ3n) is 7.26. The van der Waals surface area contributed by atoms with Crippen molar-refractivity contribution in [3.8, 4) is 5.75 Å². The van der Waals surface area contributed by atoms with E-state index in [1.54, 1.807) is 31.5 Å². The third kappa shape index (κ3) is 6.50. The number of rotatable bonds is 9. The van der Waals surface area contributed by atoms with Crippen LogP contribution >= 0.6 is 15.9 Å². The van der Waals surface area contributed by atoms with Gasteiger partial charge in [-0.25, -0.2) is 18.1 Å². The summed E-state index contributed by atoms with van der Waals surface area (Å²) in [5, 5.41) is 6.41. The van der Waals surface area contributed by atoms with E-state index in [2.05, 4.69) is 63.2 Å².